The number of hydrogen-bond acceptors (Lipinski definition) is 5. The second-order valence-electron chi connectivity index (χ2n) is 8.34. The van der Waals surface area contributed by atoms with Crippen molar-refractivity contribution < 1.29 is 19.1 Å². The van der Waals surface area contributed by atoms with Crippen LogP contribution in [0.4, 0.5) is 5.69 Å². The number of carbonyl (C=O) groups is 3. The molecular formula is C25H29N3O4. The smallest absolute Gasteiger partial charge is 0.337 e. The molecule has 0 bridgehead atoms. The van der Waals surface area contributed by atoms with Crippen LogP contribution < -0.4 is 4.90 Å². The highest BCUT2D eigenvalue weighted by Crippen LogP contribution is 2.23. The van der Waals surface area contributed by atoms with E-state index in [0.717, 1.165) is 30.6 Å². The standard InChI is InChI=1S/C25H29N3O4/c1-32-25(31)20-9-7-19(8-10-20)17-27-14-13-21(11-12-23(27)29)26-15-16-28(24(30)18-26)22-5-3-2-4-6-22/h2-10,21H,11-18H2,1H3. The monoisotopic (exact) mass is 435 g/mol. The molecule has 2 aromatic rings. The molecule has 1 unspecified atom stereocenters. The van der Waals surface area contributed by atoms with Gasteiger partial charge in [-0.15, -0.1) is 0 Å². The van der Waals surface area contributed by atoms with E-state index in [1.165, 1.54) is 7.11 Å². The summed E-state index contributed by atoms with van der Waals surface area (Å²) in [6.07, 6.45) is 2.11. The van der Waals surface area contributed by atoms with Gasteiger partial charge in [0.1, 0.15) is 0 Å². The summed E-state index contributed by atoms with van der Waals surface area (Å²) in [7, 11) is 1.36. The number of esters is 1. The van der Waals surface area contributed by atoms with E-state index in [2.05, 4.69) is 4.90 Å². The Balaban J connectivity index is 1.34. The molecule has 0 spiro atoms. The Morgan fingerprint density at radius 2 is 1.69 bits per heavy atom. The van der Waals surface area contributed by atoms with E-state index in [0.29, 0.717) is 38.2 Å². The molecule has 2 aliphatic heterocycles. The Bertz CT molecular complexity index is 961. The van der Waals surface area contributed by atoms with Gasteiger partial charge in [0.05, 0.1) is 19.2 Å². The van der Waals surface area contributed by atoms with Gasteiger partial charge in [0.2, 0.25) is 11.8 Å². The van der Waals surface area contributed by atoms with Gasteiger partial charge >= 0.3 is 5.97 Å². The molecule has 0 radical (unpaired) electrons. The van der Waals surface area contributed by atoms with Crippen LogP contribution in [-0.2, 0) is 20.9 Å². The van der Waals surface area contributed by atoms with Crippen LogP contribution in [0.5, 0.6) is 0 Å². The van der Waals surface area contributed by atoms with Crippen molar-refractivity contribution in [2.45, 2.75) is 31.8 Å². The summed E-state index contributed by atoms with van der Waals surface area (Å²) in [6, 6.07) is 17.2. The van der Waals surface area contributed by atoms with Crippen LogP contribution in [0.1, 0.15) is 35.2 Å². The summed E-state index contributed by atoms with van der Waals surface area (Å²) in [5, 5.41) is 0. The predicted octanol–water partition coefficient (Wildman–Crippen LogP) is 2.70. The van der Waals surface area contributed by atoms with Gasteiger partial charge in [0.15, 0.2) is 0 Å². The minimum absolute atomic E-state index is 0.112. The fraction of sp³-hybridized carbons (Fsp3) is 0.400. The van der Waals surface area contributed by atoms with Crippen LogP contribution in [0, 0.1) is 0 Å². The van der Waals surface area contributed by atoms with Crippen molar-refractivity contribution >= 4 is 23.5 Å². The van der Waals surface area contributed by atoms with Gasteiger partial charge in [0.25, 0.3) is 0 Å². The summed E-state index contributed by atoms with van der Waals surface area (Å²) in [5.74, 6) is -0.119. The molecule has 1 atom stereocenters. The number of piperazine rings is 1. The number of nitrogens with zero attached hydrogens (tertiary/aromatic N) is 3. The van der Waals surface area contributed by atoms with Gasteiger partial charge in [-0.1, -0.05) is 30.3 Å². The number of ether oxygens (including phenoxy) is 1. The van der Waals surface area contributed by atoms with Crippen molar-refractivity contribution in [1.29, 1.82) is 0 Å². The zero-order valence-corrected chi connectivity index (χ0v) is 18.4. The number of likely N-dealkylation sites (tertiary alicyclic amines) is 1. The lowest BCUT2D eigenvalue weighted by Crippen LogP contribution is -2.53. The molecule has 168 valence electrons. The summed E-state index contributed by atoms with van der Waals surface area (Å²) < 4.78 is 4.73. The lowest BCUT2D eigenvalue weighted by atomic mass is 10.1. The fourth-order valence-electron chi connectivity index (χ4n) is 4.52. The number of para-hydroxylation sites is 1. The number of rotatable bonds is 5. The molecule has 7 heteroatoms. The summed E-state index contributed by atoms with van der Waals surface area (Å²) in [6.45, 7) is 3.06. The first-order valence-electron chi connectivity index (χ1n) is 11.1. The Labute approximate surface area is 188 Å². The molecule has 2 saturated heterocycles. The van der Waals surface area contributed by atoms with Crippen LogP contribution in [0.2, 0.25) is 0 Å². The molecule has 2 heterocycles. The van der Waals surface area contributed by atoms with Crippen molar-refractivity contribution in [2.75, 3.05) is 38.2 Å². The third-order valence-electron chi connectivity index (χ3n) is 6.36. The molecule has 0 N–H and O–H groups in total. The van der Waals surface area contributed by atoms with Crippen molar-refractivity contribution in [1.82, 2.24) is 9.80 Å². The molecule has 0 aliphatic carbocycles. The van der Waals surface area contributed by atoms with Crippen LogP contribution in [0.25, 0.3) is 0 Å². The van der Waals surface area contributed by atoms with Gasteiger partial charge in [0, 0.05) is 44.3 Å². The summed E-state index contributed by atoms with van der Waals surface area (Å²) >= 11 is 0. The minimum Gasteiger partial charge on any atom is -0.465 e. The van der Waals surface area contributed by atoms with E-state index < -0.39 is 0 Å². The first-order chi connectivity index (χ1) is 15.5. The first kappa shape index (κ1) is 22.0. The van der Waals surface area contributed by atoms with E-state index >= 15 is 0 Å². The fourth-order valence-corrected chi connectivity index (χ4v) is 4.52. The maximum absolute atomic E-state index is 12.8. The molecule has 32 heavy (non-hydrogen) atoms. The van der Waals surface area contributed by atoms with Crippen molar-refractivity contribution in [3.05, 3.63) is 65.7 Å². The lowest BCUT2D eigenvalue weighted by molar-refractivity contribution is -0.131. The van der Waals surface area contributed by atoms with Crippen molar-refractivity contribution in [3.63, 3.8) is 0 Å². The van der Waals surface area contributed by atoms with E-state index in [1.807, 2.05) is 52.3 Å². The lowest BCUT2D eigenvalue weighted by Gasteiger charge is -2.38. The largest absolute Gasteiger partial charge is 0.465 e. The number of anilines is 1. The van der Waals surface area contributed by atoms with Gasteiger partial charge < -0.3 is 14.5 Å². The average Bonchev–Trinajstić information content (AvgIpc) is 3.01. The quantitative estimate of drug-likeness (QED) is 0.676. The van der Waals surface area contributed by atoms with Crippen molar-refractivity contribution in [2.24, 2.45) is 0 Å². The van der Waals surface area contributed by atoms with Gasteiger partial charge in [-0.25, -0.2) is 4.79 Å². The number of benzene rings is 2. The summed E-state index contributed by atoms with van der Waals surface area (Å²) in [4.78, 5) is 43.1. The number of carbonyl (C=O) groups excluding carboxylic acids is 3. The van der Waals surface area contributed by atoms with Crippen LogP contribution in [0.3, 0.4) is 0 Å². The molecule has 0 saturated carbocycles. The molecule has 0 aromatic heterocycles. The third-order valence-corrected chi connectivity index (χ3v) is 6.36. The summed E-state index contributed by atoms with van der Waals surface area (Å²) in [5.41, 5.74) is 2.42. The minimum atomic E-state index is -0.368. The normalized spacial score (nSPS) is 20.2. The number of amides is 2. The molecule has 2 amide bonds. The Hall–Kier alpha value is -3.19. The molecule has 2 aromatic carbocycles. The first-order valence-corrected chi connectivity index (χ1v) is 11.1. The Kier molecular flexibility index (Phi) is 6.85. The number of methoxy groups -OCH3 is 1. The average molecular weight is 436 g/mol. The van der Waals surface area contributed by atoms with E-state index in [1.54, 1.807) is 12.1 Å². The Morgan fingerprint density at radius 1 is 0.938 bits per heavy atom. The van der Waals surface area contributed by atoms with E-state index in [4.69, 9.17) is 4.74 Å². The molecular weight excluding hydrogens is 406 g/mol. The molecule has 2 aliphatic rings. The zero-order chi connectivity index (χ0) is 22.5. The molecule has 7 nitrogen and oxygen atoms in total. The second-order valence-corrected chi connectivity index (χ2v) is 8.34. The van der Waals surface area contributed by atoms with Crippen LogP contribution >= 0.6 is 0 Å². The highest BCUT2D eigenvalue weighted by molar-refractivity contribution is 5.95. The number of hydrogen-bond donors (Lipinski definition) is 0. The maximum atomic E-state index is 12.8. The topological polar surface area (TPSA) is 70.2 Å². The SMILES string of the molecule is COC(=O)c1ccc(CN2CCC(N3CCN(c4ccccc4)C(=O)C3)CCC2=O)cc1. The second kappa shape index (κ2) is 9.96. The van der Waals surface area contributed by atoms with E-state index in [-0.39, 0.29) is 23.8 Å². The molecule has 4 rings (SSSR count). The van der Waals surface area contributed by atoms with Crippen molar-refractivity contribution in [3.8, 4) is 0 Å². The highest BCUT2D eigenvalue weighted by Gasteiger charge is 2.32. The maximum Gasteiger partial charge on any atom is 0.337 e. The Morgan fingerprint density at radius 3 is 2.38 bits per heavy atom. The zero-order valence-electron chi connectivity index (χ0n) is 18.4. The van der Waals surface area contributed by atoms with Crippen LogP contribution in [0.15, 0.2) is 54.6 Å². The third kappa shape index (κ3) is 4.99. The highest BCUT2D eigenvalue weighted by atomic mass is 16.5. The van der Waals surface area contributed by atoms with Crippen LogP contribution in [-0.4, -0.2) is 66.9 Å². The van der Waals surface area contributed by atoms with Gasteiger partial charge in [-0.05, 0) is 42.7 Å². The van der Waals surface area contributed by atoms with Gasteiger partial charge in [-0.2, -0.15) is 0 Å². The predicted molar refractivity (Wildman–Crippen MR) is 121 cm³/mol. The molecule has 2 fully saturated rings. The van der Waals surface area contributed by atoms with E-state index in [9.17, 15) is 14.4 Å². The van der Waals surface area contributed by atoms with Gasteiger partial charge in [-0.3, -0.25) is 14.5 Å².